The lowest BCUT2D eigenvalue weighted by molar-refractivity contribution is 0.354. The summed E-state index contributed by atoms with van der Waals surface area (Å²) >= 11 is 1.92. The Morgan fingerprint density at radius 3 is 2.41 bits per heavy atom. The lowest BCUT2D eigenvalue weighted by Crippen LogP contribution is -1.95. The van der Waals surface area contributed by atoms with E-state index in [0.717, 1.165) is 22.8 Å². The fourth-order valence-corrected chi connectivity index (χ4v) is 2.48. The molecule has 17 heavy (non-hydrogen) atoms. The minimum Gasteiger partial charge on any atom is -0.493 e. The summed E-state index contributed by atoms with van der Waals surface area (Å²) in [7, 11) is 3.31. The number of benzene rings is 1. The Balaban J connectivity index is 2.97. The zero-order valence-corrected chi connectivity index (χ0v) is 11.6. The highest BCUT2D eigenvalue weighted by Gasteiger charge is 2.09. The van der Waals surface area contributed by atoms with E-state index in [9.17, 15) is 0 Å². The Kier molecular flexibility index (Phi) is 5.98. The van der Waals surface area contributed by atoms with Crippen molar-refractivity contribution in [1.82, 2.24) is 0 Å². The summed E-state index contributed by atoms with van der Waals surface area (Å²) in [5, 5.41) is 0. The van der Waals surface area contributed by atoms with E-state index in [-0.39, 0.29) is 0 Å². The van der Waals surface area contributed by atoms with Crippen LogP contribution in [-0.4, -0.2) is 20.0 Å². The largest absolute Gasteiger partial charge is 0.493 e. The lowest BCUT2D eigenvalue weighted by Gasteiger charge is -2.12. The first-order chi connectivity index (χ1) is 8.26. The third-order valence-corrected chi connectivity index (χ3v) is 3.68. The predicted octanol–water partition coefficient (Wildman–Crippen LogP) is 3.99. The van der Waals surface area contributed by atoms with Gasteiger partial charge in [-0.1, -0.05) is 19.6 Å². The van der Waals surface area contributed by atoms with Gasteiger partial charge in [0.1, 0.15) is 0 Å². The fraction of sp³-hybridized carbons (Fsp3) is 0.429. The van der Waals surface area contributed by atoms with Gasteiger partial charge in [0.2, 0.25) is 0 Å². The van der Waals surface area contributed by atoms with Crippen molar-refractivity contribution in [2.45, 2.75) is 19.1 Å². The number of methoxy groups -OCH3 is 2. The van der Waals surface area contributed by atoms with Crippen molar-refractivity contribution in [3.63, 3.8) is 0 Å². The van der Waals surface area contributed by atoms with Gasteiger partial charge in [0.05, 0.1) is 14.2 Å². The van der Waals surface area contributed by atoms with Crippen molar-refractivity contribution >= 4 is 17.8 Å². The zero-order chi connectivity index (χ0) is 12.7. The molecule has 1 rings (SSSR count). The van der Waals surface area contributed by atoms with Gasteiger partial charge in [0, 0.05) is 5.75 Å². The van der Waals surface area contributed by atoms with Crippen LogP contribution in [0.1, 0.15) is 24.5 Å². The molecule has 94 valence electrons. The summed E-state index contributed by atoms with van der Waals surface area (Å²) in [5.41, 5.74) is 2.36. The summed E-state index contributed by atoms with van der Waals surface area (Å²) in [6, 6.07) is 4.02. The zero-order valence-electron chi connectivity index (χ0n) is 10.8. The van der Waals surface area contributed by atoms with Gasteiger partial charge in [-0.2, -0.15) is 11.8 Å². The first-order valence-electron chi connectivity index (χ1n) is 5.71. The first-order valence-corrected chi connectivity index (χ1v) is 6.87. The van der Waals surface area contributed by atoms with Crippen molar-refractivity contribution in [3.05, 3.63) is 29.8 Å². The molecule has 0 amide bonds. The molecule has 0 aliphatic heterocycles. The summed E-state index contributed by atoms with van der Waals surface area (Å²) in [6.07, 6.45) is 3.06. The number of ether oxygens (including phenoxy) is 2. The van der Waals surface area contributed by atoms with Crippen LogP contribution in [0.15, 0.2) is 18.7 Å². The molecule has 0 saturated carbocycles. The second kappa shape index (κ2) is 7.28. The molecule has 0 aromatic heterocycles. The molecule has 0 bridgehead atoms. The van der Waals surface area contributed by atoms with Crippen molar-refractivity contribution < 1.29 is 9.47 Å². The minimum absolute atomic E-state index is 0.756. The SMILES string of the molecule is C=Cc1cc(OC)c(OC)cc1CSCCC. The Labute approximate surface area is 108 Å². The van der Waals surface area contributed by atoms with Crippen LogP contribution in [0.5, 0.6) is 11.5 Å². The quantitative estimate of drug-likeness (QED) is 0.684. The number of thioether (sulfide) groups is 1. The van der Waals surface area contributed by atoms with Gasteiger partial charge in [-0.25, -0.2) is 0 Å². The Bertz CT molecular complexity index is 375. The van der Waals surface area contributed by atoms with Crippen LogP contribution in [-0.2, 0) is 5.75 Å². The van der Waals surface area contributed by atoms with E-state index < -0.39 is 0 Å². The van der Waals surface area contributed by atoms with Gasteiger partial charge in [0.15, 0.2) is 11.5 Å². The average Bonchev–Trinajstić information content (AvgIpc) is 2.38. The summed E-state index contributed by atoms with van der Waals surface area (Å²) in [6.45, 7) is 6.04. The van der Waals surface area contributed by atoms with Crippen LogP contribution in [0.2, 0.25) is 0 Å². The Morgan fingerprint density at radius 1 is 1.24 bits per heavy atom. The molecule has 0 N–H and O–H groups in total. The molecule has 0 heterocycles. The van der Waals surface area contributed by atoms with Crippen LogP contribution in [0.3, 0.4) is 0 Å². The van der Waals surface area contributed by atoms with Crippen molar-refractivity contribution in [2.75, 3.05) is 20.0 Å². The number of hydrogen-bond acceptors (Lipinski definition) is 3. The molecule has 1 aromatic rings. The van der Waals surface area contributed by atoms with E-state index in [1.165, 1.54) is 17.7 Å². The standard InChI is InChI=1S/C14H20O2S/c1-5-7-17-10-12-9-14(16-4)13(15-3)8-11(12)6-2/h6,8-9H,2,5,7,10H2,1,3-4H3. The maximum atomic E-state index is 5.31. The van der Waals surface area contributed by atoms with Crippen molar-refractivity contribution in [3.8, 4) is 11.5 Å². The summed E-state index contributed by atoms with van der Waals surface area (Å²) in [5.74, 6) is 3.69. The van der Waals surface area contributed by atoms with Gasteiger partial charge >= 0.3 is 0 Å². The molecule has 0 radical (unpaired) electrons. The molecule has 0 fully saturated rings. The van der Waals surface area contributed by atoms with Crippen LogP contribution in [0.25, 0.3) is 6.08 Å². The van der Waals surface area contributed by atoms with E-state index >= 15 is 0 Å². The molecular weight excluding hydrogens is 232 g/mol. The second-order valence-electron chi connectivity index (χ2n) is 3.66. The lowest BCUT2D eigenvalue weighted by atomic mass is 10.1. The number of rotatable bonds is 7. The predicted molar refractivity (Wildman–Crippen MR) is 76.1 cm³/mol. The summed E-state index contributed by atoms with van der Waals surface area (Å²) in [4.78, 5) is 0. The fourth-order valence-electron chi connectivity index (χ4n) is 1.58. The second-order valence-corrected chi connectivity index (χ2v) is 4.77. The van der Waals surface area contributed by atoms with Crippen LogP contribution in [0.4, 0.5) is 0 Å². The van der Waals surface area contributed by atoms with Crippen molar-refractivity contribution in [2.24, 2.45) is 0 Å². The molecule has 0 saturated heterocycles. The van der Waals surface area contributed by atoms with Gasteiger partial charge in [0.25, 0.3) is 0 Å². The molecule has 0 atom stereocenters. The minimum atomic E-state index is 0.756. The molecule has 3 heteroatoms. The van der Waals surface area contributed by atoms with Gasteiger partial charge in [-0.3, -0.25) is 0 Å². The maximum absolute atomic E-state index is 5.31. The van der Waals surface area contributed by atoms with Gasteiger partial charge in [-0.15, -0.1) is 0 Å². The molecule has 0 aliphatic rings. The van der Waals surface area contributed by atoms with Gasteiger partial charge in [-0.05, 0) is 35.4 Å². The van der Waals surface area contributed by atoms with E-state index in [0.29, 0.717) is 0 Å². The van der Waals surface area contributed by atoms with E-state index in [1.807, 2.05) is 30.0 Å². The van der Waals surface area contributed by atoms with E-state index in [2.05, 4.69) is 13.5 Å². The summed E-state index contributed by atoms with van der Waals surface area (Å²) < 4.78 is 10.6. The monoisotopic (exact) mass is 252 g/mol. The Morgan fingerprint density at radius 2 is 1.88 bits per heavy atom. The molecule has 0 aliphatic carbocycles. The van der Waals surface area contributed by atoms with Gasteiger partial charge < -0.3 is 9.47 Å². The molecule has 2 nitrogen and oxygen atoms in total. The average molecular weight is 252 g/mol. The molecular formula is C14H20O2S. The Hall–Kier alpha value is -1.09. The smallest absolute Gasteiger partial charge is 0.161 e. The molecule has 0 unspecified atom stereocenters. The third-order valence-electron chi connectivity index (χ3n) is 2.47. The highest BCUT2D eigenvalue weighted by molar-refractivity contribution is 7.98. The highest BCUT2D eigenvalue weighted by atomic mass is 32.2. The van der Waals surface area contributed by atoms with Crippen LogP contribution >= 0.6 is 11.8 Å². The van der Waals surface area contributed by atoms with Crippen LogP contribution in [0, 0.1) is 0 Å². The maximum Gasteiger partial charge on any atom is 0.161 e. The highest BCUT2D eigenvalue weighted by Crippen LogP contribution is 2.32. The van der Waals surface area contributed by atoms with E-state index in [1.54, 1.807) is 14.2 Å². The first kappa shape index (κ1) is 14.0. The van der Waals surface area contributed by atoms with E-state index in [4.69, 9.17) is 9.47 Å². The van der Waals surface area contributed by atoms with Crippen LogP contribution < -0.4 is 9.47 Å². The normalized spacial score (nSPS) is 10.1. The van der Waals surface area contributed by atoms with Crippen molar-refractivity contribution in [1.29, 1.82) is 0 Å². The topological polar surface area (TPSA) is 18.5 Å². The number of hydrogen-bond donors (Lipinski definition) is 0. The molecule has 0 spiro atoms. The third kappa shape index (κ3) is 3.70. The molecule has 1 aromatic carbocycles.